The normalized spacial score (nSPS) is 15.2. The fourth-order valence-electron chi connectivity index (χ4n) is 5.65. The molecule has 2 heterocycles. The van der Waals surface area contributed by atoms with E-state index in [1.54, 1.807) is 0 Å². The molecule has 0 amide bonds. The van der Waals surface area contributed by atoms with E-state index in [1.165, 1.54) is 0 Å². The summed E-state index contributed by atoms with van der Waals surface area (Å²) in [5.41, 5.74) is 9.60. The Kier molecular flexibility index (Phi) is 7.44. The maximum atomic E-state index is 6.33. The molecule has 0 N–H and O–H groups in total. The Hall–Kier alpha value is -4.84. The molecule has 0 atom stereocenters. The minimum Gasteiger partial charge on any atom is -0.399 e. The summed E-state index contributed by atoms with van der Waals surface area (Å²) >= 11 is 0. The summed E-state index contributed by atoms with van der Waals surface area (Å²) in [4.78, 5) is 10.1. The van der Waals surface area contributed by atoms with E-state index >= 15 is 0 Å². The van der Waals surface area contributed by atoms with Crippen LogP contribution in [0.1, 0.15) is 27.7 Å². The first kappa shape index (κ1) is 28.9. The Labute approximate surface area is 265 Å². The molecule has 45 heavy (non-hydrogen) atoms. The lowest BCUT2D eigenvalue weighted by atomic mass is 9.78. The lowest BCUT2D eigenvalue weighted by molar-refractivity contribution is 0.00578. The van der Waals surface area contributed by atoms with Gasteiger partial charge in [0.15, 0.2) is 5.82 Å². The summed E-state index contributed by atoms with van der Waals surface area (Å²) < 4.78 is 12.7. The lowest BCUT2D eigenvalue weighted by Crippen LogP contribution is -2.41. The Bertz CT molecular complexity index is 1900. The second-order valence-corrected chi connectivity index (χ2v) is 12.6. The van der Waals surface area contributed by atoms with Crippen LogP contribution >= 0.6 is 0 Å². The molecule has 0 unspecified atom stereocenters. The maximum absolute atomic E-state index is 6.33. The zero-order valence-electron chi connectivity index (χ0n) is 26.1. The molecule has 7 rings (SSSR count). The highest BCUT2D eigenvalue weighted by molar-refractivity contribution is 6.62. The van der Waals surface area contributed by atoms with Crippen LogP contribution in [0, 0.1) is 0 Å². The number of hydrogen-bond donors (Lipinski definition) is 0. The SMILES string of the molecule is CC1(C)OB(c2cccc(-c3cccc(-c4cccc(-c5nc(-c6ccccc6)cc(-c6ccccc6)n5)c4)c3)c2)OC1(C)C. The van der Waals surface area contributed by atoms with Crippen molar-refractivity contribution in [3.63, 3.8) is 0 Å². The molecular weight excluding hydrogens is 551 g/mol. The van der Waals surface area contributed by atoms with E-state index < -0.39 is 7.12 Å². The van der Waals surface area contributed by atoms with E-state index in [9.17, 15) is 0 Å². The van der Waals surface area contributed by atoms with Crippen molar-refractivity contribution in [3.05, 3.63) is 140 Å². The van der Waals surface area contributed by atoms with Crippen LogP contribution in [-0.4, -0.2) is 28.3 Å². The van der Waals surface area contributed by atoms with Gasteiger partial charge >= 0.3 is 7.12 Å². The second kappa shape index (κ2) is 11.6. The molecular formula is C40H35BN2O2. The maximum Gasteiger partial charge on any atom is 0.494 e. The van der Waals surface area contributed by atoms with Crippen molar-refractivity contribution in [2.75, 3.05) is 0 Å². The minimum absolute atomic E-state index is 0.384. The molecule has 1 aliphatic rings. The highest BCUT2D eigenvalue weighted by Crippen LogP contribution is 2.37. The first-order valence-electron chi connectivity index (χ1n) is 15.4. The van der Waals surface area contributed by atoms with Crippen LogP contribution in [0.5, 0.6) is 0 Å². The van der Waals surface area contributed by atoms with E-state index in [0.29, 0.717) is 5.82 Å². The summed E-state index contributed by atoms with van der Waals surface area (Å²) in [6.45, 7) is 8.33. The van der Waals surface area contributed by atoms with Gasteiger partial charge in [0.2, 0.25) is 0 Å². The van der Waals surface area contributed by atoms with Crippen molar-refractivity contribution < 1.29 is 9.31 Å². The monoisotopic (exact) mass is 586 g/mol. The molecule has 5 aromatic carbocycles. The summed E-state index contributed by atoms with van der Waals surface area (Å²) in [6.07, 6.45) is 0. The van der Waals surface area contributed by atoms with E-state index in [4.69, 9.17) is 19.3 Å². The lowest BCUT2D eigenvalue weighted by Gasteiger charge is -2.32. The van der Waals surface area contributed by atoms with E-state index in [0.717, 1.165) is 55.8 Å². The topological polar surface area (TPSA) is 44.2 Å². The summed E-state index contributed by atoms with van der Waals surface area (Å²) in [6, 6.07) is 48.2. The second-order valence-electron chi connectivity index (χ2n) is 12.6. The van der Waals surface area contributed by atoms with Crippen LogP contribution in [0.3, 0.4) is 0 Å². The first-order valence-corrected chi connectivity index (χ1v) is 15.4. The smallest absolute Gasteiger partial charge is 0.399 e. The van der Waals surface area contributed by atoms with Gasteiger partial charge in [0, 0.05) is 16.7 Å². The summed E-state index contributed by atoms with van der Waals surface area (Å²) in [7, 11) is -0.401. The zero-order valence-corrected chi connectivity index (χ0v) is 26.1. The third-order valence-electron chi connectivity index (χ3n) is 8.93. The molecule has 0 bridgehead atoms. The van der Waals surface area contributed by atoms with E-state index in [1.807, 2.05) is 36.4 Å². The predicted octanol–water partition coefficient (Wildman–Crippen LogP) is 9.11. The van der Waals surface area contributed by atoms with Gasteiger partial charge in [-0.2, -0.15) is 0 Å². The average molecular weight is 587 g/mol. The van der Waals surface area contributed by atoms with Crippen LogP contribution in [0.2, 0.25) is 0 Å². The molecule has 220 valence electrons. The van der Waals surface area contributed by atoms with Crippen LogP contribution in [0.25, 0.3) is 56.2 Å². The van der Waals surface area contributed by atoms with Gasteiger partial charge < -0.3 is 9.31 Å². The zero-order chi connectivity index (χ0) is 31.0. The molecule has 1 aromatic heterocycles. The van der Waals surface area contributed by atoms with Crippen molar-refractivity contribution >= 4 is 12.6 Å². The molecule has 0 aliphatic carbocycles. The quantitative estimate of drug-likeness (QED) is 0.183. The van der Waals surface area contributed by atoms with Gasteiger partial charge in [-0.3, -0.25) is 0 Å². The van der Waals surface area contributed by atoms with Crippen LogP contribution < -0.4 is 5.46 Å². The number of hydrogen-bond acceptors (Lipinski definition) is 4. The highest BCUT2D eigenvalue weighted by Gasteiger charge is 2.51. The first-order chi connectivity index (χ1) is 21.8. The van der Waals surface area contributed by atoms with Crippen molar-refractivity contribution in [2.24, 2.45) is 0 Å². The van der Waals surface area contributed by atoms with Crippen molar-refractivity contribution in [1.29, 1.82) is 0 Å². The Morgan fingerprint density at radius 2 is 0.822 bits per heavy atom. The molecule has 1 aliphatic heterocycles. The standard InChI is InChI=1S/C40H35BN2O2/c1-39(2)40(3,4)45-41(44-39)35-23-13-21-33(26-35)31-19-11-18-30(24-31)32-20-12-22-34(25-32)38-42-36(28-14-7-5-8-15-28)27-37(43-38)29-16-9-6-10-17-29/h5-27H,1-4H3. The van der Waals surface area contributed by atoms with E-state index in [-0.39, 0.29) is 11.2 Å². The summed E-state index contributed by atoms with van der Waals surface area (Å²) in [5, 5.41) is 0. The van der Waals surface area contributed by atoms with Gasteiger partial charge in [0.25, 0.3) is 0 Å². The Balaban J connectivity index is 1.24. The van der Waals surface area contributed by atoms with Gasteiger partial charge in [-0.15, -0.1) is 0 Å². The Morgan fingerprint density at radius 3 is 1.33 bits per heavy atom. The largest absolute Gasteiger partial charge is 0.494 e. The summed E-state index contributed by atoms with van der Waals surface area (Å²) in [5.74, 6) is 0.698. The molecule has 0 saturated carbocycles. The molecule has 1 fully saturated rings. The molecule has 5 heteroatoms. The van der Waals surface area contributed by atoms with Crippen LogP contribution in [0.15, 0.2) is 140 Å². The fourth-order valence-corrected chi connectivity index (χ4v) is 5.65. The average Bonchev–Trinajstić information content (AvgIpc) is 3.31. The van der Waals surface area contributed by atoms with Gasteiger partial charge in [-0.05, 0) is 73.6 Å². The number of nitrogens with zero attached hydrogens (tertiary/aromatic N) is 2. The van der Waals surface area contributed by atoms with Crippen molar-refractivity contribution in [2.45, 2.75) is 38.9 Å². The van der Waals surface area contributed by atoms with E-state index in [2.05, 4.69) is 131 Å². The van der Waals surface area contributed by atoms with Crippen molar-refractivity contribution in [3.8, 4) is 56.2 Å². The third kappa shape index (κ3) is 5.85. The van der Waals surface area contributed by atoms with Gasteiger partial charge in [0.05, 0.1) is 22.6 Å². The van der Waals surface area contributed by atoms with Gasteiger partial charge in [-0.25, -0.2) is 9.97 Å². The fraction of sp³-hybridized carbons (Fsp3) is 0.150. The third-order valence-corrected chi connectivity index (χ3v) is 8.93. The van der Waals surface area contributed by atoms with Gasteiger partial charge in [-0.1, -0.05) is 121 Å². The number of rotatable bonds is 6. The molecule has 0 spiro atoms. The molecule has 4 nitrogen and oxygen atoms in total. The van der Waals surface area contributed by atoms with Crippen LogP contribution in [0.4, 0.5) is 0 Å². The number of aromatic nitrogens is 2. The Morgan fingerprint density at radius 1 is 0.422 bits per heavy atom. The number of benzene rings is 5. The molecule has 6 aromatic rings. The van der Waals surface area contributed by atoms with Crippen LogP contribution in [-0.2, 0) is 9.31 Å². The minimum atomic E-state index is -0.401. The highest BCUT2D eigenvalue weighted by atomic mass is 16.7. The molecule has 0 radical (unpaired) electrons. The molecule has 1 saturated heterocycles. The van der Waals surface area contributed by atoms with Gasteiger partial charge in [0.1, 0.15) is 0 Å². The predicted molar refractivity (Wildman–Crippen MR) is 185 cm³/mol. The van der Waals surface area contributed by atoms with Crippen molar-refractivity contribution in [1.82, 2.24) is 9.97 Å².